The Bertz CT molecular complexity index is 885. The van der Waals surface area contributed by atoms with Crippen LogP contribution in [0.4, 0.5) is 0 Å². The summed E-state index contributed by atoms with van der Waals surface area (Å²) in [6.45, 7) is 8.02. The normalized spacial score (nSPS) is 11.4. The van der Waals surface area contributed by atoms with Gasteiger partial charge in [0.15, 0.2) is 11.5 Å². The van der Waals surface area contributed by atoms with Gasteiger partial charge in [0.2, 0.25) is 0 Å². The lowest BCUT2D eigenvalue weighted by molar-refractivity contribution is 0.393. The highest BCUT2D eigenvalue weighted by molar-refractivity contribution is 7.13. The summed E-state index contributed by atoms with van der Waals surface area (Å²) in [4.78, 5) is 16.2. The Labute approximate surface area is 157 Å². The average molecular weight is 403 g/mol. The van der Waals surface area contributed by atoms with Gasteiger partial charge >= 0.3 is 5.82 Å². The molecule has 0 fully saturated rings. The second kappa shape index (κ2) is 6.71. The number of rotatable bonds is 4. The zero-order chi connectivity index (χ0) is 17.6. The van der Waals surface area contributed by atoms with E-state index in [1.54, 1.807) is 22.7 Å². The third-order valence-electron chi connectivity index (χ3n) is 4.07. The largest absolute Gasteiger partial charge is 0.519 e. The highest BCUT2D eigenvalue weighted by atomic mass is 35.5. The zero-order valence-corrected chi connectivity index (χ0v) is 16.9. The summed E-state index contributed by atoms with van der Waals surface area (Å²) in [7, 11) is 0. The van der Waals surface area contributed by atoms with Crippen molar-refractivity contribution in [1.29, 1.82) is 0 Å². The number of thiophene rings is 2. The summed E-state index contributed by atoms with van der Waals surface area (Å²) in [6.07, 6.45) is 0. The molecular weight excluding hydrogens is 387 g/mol. The van der Waals surface area contributed by atoms with Crippen LogP contribution in [0.2, 0.25) is 0 Å². The van der Waals surface area contributed by atoms with Crippen molar-refractivity contribution in [3.05, 3.63) is 41.3 Å². The standard InChI is InChI=1S/C17H16Cl2O3S2/c1-7-11(5-18)13(9(3)23-7)15-16(22-17(20)21-15)14-10(4)24-8(2)12(14)6-19/h5-6H2,1-4H3. The van der Waals surface area contributed by atoms with Crippen LogP contribution in [-0.2, 0) is 11.8 Å². The summed E-state index contributed by atoms with van der Waals surface area (Å²) < 4.78 is 10.9. The van der Waals surface area contributed by atoms with Crippen molar-refractivity contribution in [3.63, 3.8) is 0 Å². The first-order chi connectivity index (χ1) is 11.4. The molecule has 3 aromatic heterocycles. The molecule has 7 heteroatoms. The third kappa shape index (κ3) is 2.77. The Morgan fingerprint density at radius 3 is 1.46 bits per heavy atom. The topological polar surface area (TPSA) is 43.4 Å². The van der Waals surface area contributed by atoms with Crippen molar-refractivity contribution in [2.45, 2.75) is 39.5 Å². The average Bonchev–Trinajstić information content (AvgIpc) is 3.11. The monoisotopic (exact) mass is 402 g/mol. The highest BCUT2D eigenvalue weighted by Gasteiger charge is 2.27. The van der Waals surface area contributed by atoms with Gasteiger partial charge in [0.1, 0.15) is 0 Å². The molecule has 0 saturated carbocycles. The van der Waals surface area contributed by atoms with Gasteiger partial charge in [-0.05, 0) is 38.8 Å². The summed E-state index contributed by atoms with van der Waals surface area (Å²) in [5.41, 5.74) is 3.67. The number of hydrogen-bond acceptors (Lipinski definition) is 5. The molecule has 0 aliphatic carbocycles. The van der Waals surface area contributed by atoms with Gasteiger partial charge in [-0.2, -0.15) is 0 Å². The number of hydrogen-bond donors (Lipinski definition) is 0. The number of alkyl halides is 2. The Kier molecular flexibility index (Phi) is 4.98. The summed E-state index contributed by atoms with van der Waals surface area (Å²) >= 11 is 15.5. The van der Waals surface area contributed by atoms with Crippen LogP contribution in [-0.4, -0.2) is 0 Å². The van der Waals surface area contributed by atoms with E-state index in [0.29, 0.717) is 23.3 Å². The summed E-state index contributed by atoms with van der Waals surface area (Å²) in [6, 6.07) is 0. The van der Waals surface area contributed by atoms with Crippen LogP contribution in [0.5, 0.6) is 0 Å². The lowest BCUT2D eigenvalue weighted by atomic mass is 10.0. The molecule has 0 amide bonds. The number of aryl methyl sites for hydroxylation is 4. The lowest BCUT2D eigenvalue weighted by Crippen LogP contribution is -1.89. The summed E-state index contributed by atoms with van der Waals surface area (Å²) in [5.74, 6) is 0.885. The fourth-order valence-corrected chi connectivity index (χ4v) is 5.96. The molecule has 128 valence electrons. The first kappa shape index (κ1) is 17.8. The van der Waals surface area contributed by atoms with Crippen LogP contribution < -0.4 is 5.82 Å². The van der Waals surface area contributed by atoms with Crippen molar-refractivity contribution >= 4 is 45.9 Å². The fourth-order valence-electron chi connectivity index (χ4n) is 2.99. The molecule has 0 unspecified atom stereocenters. The fraction of sp³-hybridized carbons (Fsp3) is 0.353. The maximum Gasteiger partial charge on any atom is 0.519 e. The number of halogens is 2. The van der Waals surface area contributed by atoms with Crippen LogP contribution in [0.1, 0.15) is 30.6 Å². The SMILES string of the molecule is Cc1sc(C)c(-c2oc(=O)oc2-c2c(C)sc(C)c2CCl)c1CCl. The van der Waals surface area contributed by atoms with Gasteiger partial charge in [-0.25, -0.2) is 4.79 Å². The smallest absolute Gasteiger partial charge is 0.390 e. The Morgan fingerprint density at radius 1 is 0.750 bits per heavy atom. The second-order valence-electron chi connectivity index (χ2n) is 5.52. The highest BCUT2D eigenvalue weighted by Crippen LogP contribution is 2.45. The molecule has 0 aliphatic heterocycles. The maximum atomic E-state index is 11.9. The minimum Gasteiger partial charge on any atom is -0.390 e. The molecule has 3 nitrogen and oxygen atoms in total. The molecule has 3 heterocycles. The molecule has 0 N–H and O–H groups in total. The van der Waals surface area contributed by atoms with E-state index >= 15 is 0 Å². The summed E-state index contributed by atoms with van der Waals surface area (Å²) in [5, 5.41) is 0. The second-order valence-corrected chi connectivity index (χ2v) is 8.91. The van der Waals surface area contributed by atoms with Crippen molar-refractivity contribution in [3.8, 4) is 22.6 Å². The molecule has 24 heavy (non-hydrogen) atoms. The first-order valence-corrected chi connectivity index (χ1v) is 10.0. The Hall–Kier alpha value is -1.01. The van der Waals surface area contributed by atoms with E-state index in [-0.39, 0.29) is 0 Å². The molecule has 0 atom stereocenters. The van der Waals surface area contributed by atoms with E-state index in [1.165, 1.54) is 0 Å². The van der Waals surface area contributed by atoms with E-state index < -0.39 is 5.82 Å². The van der Waals surface area contributed by atoms with Gasteiger partial charge in [-0.1, -0.05) is 0 Å². The minimum atomic E-state index is -0.715. The van der Waals surface area contributed by atoms with Gasteiger partial charge in [0.05, 0.1) is 0 Å². The van der Waals surface area contributed by atoms with Crippen LogP contribution in [0.25, 0.3) is 22.6 Å². The predicted molar refractivity (Wildman–Crippen MR) is 102 cm³/mol. The Balaban J connectivity index is 2.34. The van der Waals surface area contributed by atoms with Crippen LogP contribution in [0.3, 0.4) is 0 Å². The molecule has 0 aliphatic rings. The van der Waals surface area contributed by atoms with E-state index in [1.807, 2.05) is 27.7 Å². The van der Waals surface area contributed by atoms with Gasteiger partial charge in [-0.15, -0.1) is 45.9 Å². The van der Waals surface area contributed by atoms with E-state index in [0.717, 1.165) is 41.8 Å². The molecule has 0 saturated heterocycles. The van der Waals surface area contributed by atoms with E-state index in [4.69, 9.17) is 32.0 Å². The van der Waals surface area contributed by atoms with Gasteiger partial charge in [0.25, 0.3) is 0 Å². The van der Waals surface area contributed by atoms with Crippen LogP contribution in [0, 0.1) is 27.7 Å². The van der Waals surface area contributed by atoms with Gasteiger partial charge < -0.3 is 8.83 Å². The van der Waals surface area contributed by atoms with Crippen LogP contribution >= 0.6 is 45.9 Å². The van der Waals surface area contributed by atoms with Gasteiger partial charge in [0, 0.05) is 42.4 Å². The zero-order valence-electron chi connectivity index (χ0n) is 13.7. The lowest BCUT2D eigenvalue weighted by Gasteiger charge is -2.05. The maximum absolute atomic E-state index is 11.9. The van der Waals surface area contributed by atoms with E-state index in [9.17, 15) is 4.79 Å². The molecule has 0 aromatic carbocycles. The molecule has 3 rings (SSSR count). The Morgan fingerprint density at radius 2 is 1.12 bits per heavy atom. The molecule has 0 spiro atoms. The van der Waals surface area contributed by atoms with Crippen molar-refractivity contribution in [2.75, 3.05) is 0 Å². The molecule has 0 bridgehead atoms. The van der Waals surface area contributed by atoms with Crippen LogP contribution in [0.15, 0.2) is 13.6 Å². The van der Waals surface area contributed by atoms with E-state index in [2.05, 4.69) is 0 Å². The van der Waals surface area contributed by atoms with Crippen molar-refractivity contribution < 1.29 is 8.83 Å². The molecular formula is C17H16Cl2O3S2. The predicted octanol–water partition coefficient (Wildman–Crippen LogP) is 6.40. The quantitative estimate of drug-likeness (QED) is 0.474. The van der Waals surface area contributed by atoms with Gasteiger partial charge in [-0.3, -0.25) is 0 Å². The molecule has 0 radical (unpaired) electrons. The first-order valence-electron chi connectivity index (χ1n) is 7.33. The van der Waals surface area contributed by atoms with Crippen molar-refractivity contribution in [1.82, 2.24) is 0 Å². The molecule has 3 aromatic rings. The minimum absolute atomic E-state index is 0.351. The van der Waals surface area contributed by atoms with Crippen molar-refractivity contribution in [2.24, 2.45) is 0 Å². The third-order valence-corrected chi connectivity index (χ3v) is 6.73.